The van der Waals surface area contributed by atoms with E-state index in [1.54, 1.807) is 0 Å². The van der Waals surface area contributed by atoms with Crippen LogP contribution >= 0.6 is 0 Å². The van der Waals surface area contributed by atoms with Gasteiger partial charge in [0.15, 0.2) is 0 Å². The molecule has 3 heterocycles. The number of anilines is 1. The number of hydrogen-bond acceptors (Lipinski definition) is 3. The Bertz CT molecular complexity index is 736. The van der Waals surface area contributed by atoms with E-state index in [9.17, 15) is 4.79 Å². The Morgan fingerprint density at radius 2 is 2.09 bits per heavy atom. The Labute approximate surface area is 136 Å². The smallest absolute Gasteiger partial charge is 0.241 e. The molecule has 0 radical (unpaired) electrons. The Morgan fingerprint density at radius 1 is 1.22 bits per heavy atom. The molecule has 0 saturated carbocycles. The molecule has 0 atom stereocenters. The second-order valence-corrected chi connectivity index (χ2v) is 6.49. The quantitative estimate of drug-likeness (QED) is 0.849. The van der Waals surface area contributed by atoms with Gasteiger partial charge in [0.2, 0.25) is 5.91 Å². The van der Waals surface area contributed by atoms with Crippen LogP contribution in [0.4, 0.5) is 5.69 Å². The van der Waals surface area contributed by atoms with Crippen molar-refractivity contribution in [2.75, 3.05) is 24.5 Å². The molecule has 2 aliphatic rings. The van der Waals surface area contributed by atoms with Gasteiger partial charge in [-0.3, -0.25) is 9.69 Å². The predicted octanol–water partition coefficient (Wildman–Crippen LogP) is 1.76. The van der Waals surface area contributed by atoms with Crippen molar-refractivity contribution in [1.82, 2.24) is 14.5 Å². The van der Waals surface area contributed by atoms with Gasteiger partial charge in [-0.1, -0.05) is 18.2 Å². The molecule has 0 aliphatic carbocycles. The highest BCUT2D eigenvalue weighted by Gasteiger charge is 2.26. The number of rotatable bonds is 2. The van der Waals surface area contributed by atoms with Crippen molar-refractivity contribution in [1.29, 1.82) is 0 Å². The van der Waals surface area contributed by atoms with Crippen molar-refractivity contribution in [3.8, 4) is 0 Å². The molecule has 0 N–H and O–H groups in total. The lowest BCUT2D eigenvalue weighted by atomic mass is 10.0. The number of hydrogen-bond donors (Lipinski definition) is 0. The van der Waals surface area contributed by atoms with E-state index >= 15 is 0 Å². The van der Waals surface area contributed by atoms with E-state index in [0.29, 0.717) is 6.54 Å². The summed E-state index contributed by atoms with van der Waals surface area (Å²) in [5, 5.41) is 0. The second kappa shape index (κ2) is 5.81. The molecule has 1 aromatic heterocycles. The monoisotopic (exact) mass is 310 g/mol. The summed E-state index contributed by atoms with van der Waals surface area (Å²) < 4.78 is 2.09. The van der Waals surface area contributed by atoms with Crippen molar-refractivity contribution >= 4 is 11.6 Å². The molecule has 120 valence electrons. The summed E-state index contributed by atoms with van der Waals surface area (Å²) in [7, 11) is 2.04. The van der Waals surface area contributed by atoms with Gasteiger partial charge in [-0.2, -0.15) is 0 Å². The third-order valence-corrected chi connectivity index (χ3v) is 4.95. The first-order valence-electron chi connectivity index (χ1n) is 8.32. The summed E-state index contributed by atoms with van der Waals surface area (Å²) in [6.45, 7) is 3.01. The molecule has 0 unspecified atom stereocenters. The molecule has 0 fully saturated rings. The van der Waals surface area contributed by atoms with E-state index in [0.717, 1.165) is 50.3 Å². The molecule has 2 aromatic rings. The zero-order valence-corrected chi connectivity index (χ0v) is 13.5. The Hall–Kier alpha value is -2.14. The largest absolute Gasteiger partial charge is 0.337 e. The van der Waals surface area contributed by atoms with Crippen LogP contribution in [0.3, 0.4) is 0 Å². The minimum Gasteiger partial charge on any atom is -0.337 e. The van der Waals surface area contributed by atoms with E-state index in [-0.39, 0.29) is 5.91 Å². The minimum atomic E-state index is 0.205. The van der Waals surface area contributed by atoms with Gasteiger partial charge in [0.05, 0.1) is 18.6 Å². The highest BCUT2D eigenvalue weighted by molar-refractivity contribution is 5.95. The number of para-hydroxylation sites is 1. The van der Waals surface area contributed by atoms with Crippen LogP contribution in [0.25, 0.3) is 0 Å². The van der Waals surface area contributed by atoms with Gasteiger partial charge in [-0.05, 0) is 24.5 Å². The zero-order chi connectivity index (χ0) is 15.8. The maximum absolute atomic E-state index is 12.8. The molecular formula is C18H22N4O. The molecule has 2 aliphatic heterocycles. The van der Waals surface area contributed by atoms with Crippen molar-refractivity contribution in [2.45, 2.75) is 25.8 Å². The van der Waals surface area contributed by atoms with E-state index in [1.165, 1.54) is 11.3 Å². The molecule has 23 heavy (non-hydrogen) atoms. The lowest BCUT2D eigenvalue weighted by Crippen LogP contribution is -2.44. The Kier molecular flexibility index (Phi) is 3.65. The number of imidazole rings is 1. The van der Waals surface area contributed by atoms with Gasteiger partial charge in [0, 0.05) is 44.5 Å². The molecule has 1 aromatic carbocycles. The Balaban J connectivity index is 1.47. The third-order valence-electron chi connectivity index (χ3n) is 4.95. The van der Waals surface area contributed by atoms with E-state index in [2.05, 4.69) is 32.7 Å². The minimum absolute atomic E-state index is 0.205. The first kappa shape index (κ1) is 14.5. The first-order chi connectivity index (χ1) is 11.2. The number of fused-ring (bicyclic) bond motifs is 2. The van der Waals surface area contributed by atoms with E-state index < -0.39 is 0 Å². The van der Waals surface area contributed by atoms with Crippen molar-refractivity contribution in [2.24, 2.45) is 7.05 Å². The average molecular weight is 310 g/mol. The maximum Gasteiger partial charge on any atom is 0.241 e. The number of carbonyl (C=O) groups excluding carboxylic acids is 1. The van der Waals surface area contributed by atoms with Crippen LogP contribution in [0.5, 0.6) is 0 Å². The Morgan fingerprint density at radius 3 is 3.00 bits per heavy atom. The van der Waals surface area contributed by atoms with Crippen molar-refractivity contribution in [3.63, 3.8) is 0 Å². The molecular weight excluding hydrogens is 288 g/mol. The number of benzene rings is 1. The predicted molar refractivity (Wildman–Crippen MR) is 89.3 cm³/mol. The molecule has 0 bridgehead atoms. The number of amides is 1. The standard InChI is InChI=1S/C18H22N4O/c1-20-13-19-15-11-21(10-8-17(15)20)12-18(23)22-9-4-6-14-5-2-3-7-16(14)22/h2-3,5,7,13H,4,6,8-12H2,1H3. The van der Waals surface area contributed by atoms with Gasteiger partial charge in [0.25, 0.3) is 0 Å². The first-order valence-corrected chi connectivity index (χ1v) is 8.32. The van der Waals surface area contributed by atoms with Crippen LogP contribution in [0.2, 0.25) is 0 Å². The fraction of sp³-hybridized carbons (Fsp3) is 0.444. The SMILES string of the molecule is Cn1cnc2c1CCN(CC(=O)N1CCCc3ccccc31)C2. The topological polar surface area (TPSA) is 41.4 Å². The van der Waals surface area contributed by atoms with Crippen LogP contribution in [0, 0.1) is 0 Å². The molecule has 1 amide bonds. The highest BCUT2D eigenvalue weighted by atomic mass is 16.2. The van der Waals surface area contributed by atoms with E-state index in [1.807, 2.05) is 24.3 Å². The van der Waals surface area contributed by atoms with Gasteiger partial charge < -0.3 is 9.47 Å². The fourth-order valence-electron chi connectivity index (χ4n) is 3.72. The van der Waals surface area contributed by atoms with Gasteiger partial charge in [0.1, 0.15) is 0 Å². The average Bonchev–Trinajstić information content (AvgIpc) is 2.95. The molecule has 4 rings (SSSR count). The number of carbonyl (C=O) groups is 1. The highest BCUT2D eigenvalue weighted by Crippen LogP contribution is 2.27. The summed E-state index contributed by atoms with van der Waals surface area (Å²) in [4.78, 5) is 21.4. The van der Waals surface area contributed by atoms with Gasteiger partial charge in [-0.25, -0.2) is 4.98 Å². The summed E-state index contributed by atoms with van der Waals surface area (Å²) in [5.41, 5.74) is 4.81. The maximum atomic E-state index is 12.8. The third kappa shape index (κ3) is 2.65. The second-order valence-electron chi connectivity index (χ2n) is 6.49. The van der Waals surface area contributed by atoms with E-state index in [4.69, 9.17) is 0 Å². The van der Waals surface area contributed by atoms with Crippen molar-refractivity contribution in [3.05, 3.63) is 47.5 Å². The summed E-state index contributed by atoms with van der Waals surface area (Å²) in [6.07, 6.45) is 4.96. The van der Waals surface area contributed by atoms with Gasteiger partial charge in [-0.15, -0.1) is 0 Å². The number of aryl methyl sites for hydroxylation is 2. The lowest BCUT2D eigenvalue weighted by molar-refractivity contribution is -0.120. The normalized spacial score (nSPS) is 17.7. The number of aromatic nitrogens is 2. The summed E-state index contributed by atoms with van der Waals surface area (Å²) in [6, 6.07) is 8.28. The van der Waals surface area contributed by atoms with Gasteiger partial charge >= 0.3 is 0 Å². The summed E-state index contributed by atoms with van der Waals surface area (Å²) in [5.74, 6) is 0.205. The van der Waals surface area contributed by atoms with Crippen molar-refractivity contribution < 1.29 is 4.79 Å². The molecule has 0 saturated heterocycles. The summed E-state index contributed by atoms with van der Waals surface area (Å²) >= 11 is 0. The van der Waals surface area contributed by atoms with Crippen LogP contribution in [-0.4, -0.2) is 40.0 Å². The zero-order valence-electron chi connectivity index (χ0n) is 13.5. The van der Waals surface area contributed by atoms with Crippen LogP contribution in [-0.2, 0) is 31.2 Å². The van der Waals surface area contributed by atoms with Crippen LogP contribution in [0.1, 0.15) is 23.4 Å². The molecule has 5 heteroatoms. The van der Waals surface area contributed by atoms with Crippen LogP contribution in [0.15, 0.2) is 30.6 Å². The molecule has 5 nitrogen and oxygen atoms in total. The molecule has 0 spiro atoms. The fourth-order valence-corrected chi connectivity index (χ4v) is 3.72. The number of nitrogens with zero attached hydrogens (tertiary/aromatic N) is 4. The lowest BCUT2D eigenvalue weighted by Gasteiger charge is -2.32. The van der Waals surface area contributed by atoms with Crippen LogP contribution < -0.4 is 4.90 Å².